The molecule has 0 spiro atoms. The molecule has 0 unspecified atom stereocenters. The number of carbonyl (C=O) groups is 1. The Labute approximate surface area is 126 Å². The minimum atomic E-state index is 0. The van der Waals surface area contributed by atoms with Crippen molar-refractivity contribution in [1.29, 1.82) is 0 Å². The Balaban J connectivity index is 0.00000200. The number of halogens is 1. The fourth-order valence-corrected chi connectivity index (χ4v) is 2.57. The predicted molar refractivity (Wildman–Crippen MR) is 82.0 cm³/mol. The largest absolute Gasteiger partial charge is 0.497 e. The zero-order chi connectivity index (χ0) is 13.7. The lowest BCUT2D eigenvalue weighted by atomic mass is 10.00. The number of hydrogen-bond acceptors (Lipinski definition) is 3. The molecule has 0 heterocycles. The van der Waals surface area contributed by atoms with Crippen LogP contribution in [0.3, 0.4) is 0 Å². The lowest BCUT2D eigenvalue weighted by Crippen LogP contribution is -2.31. The van der Waals surface area contributed by atoms with Gasteiger partial charge in [-0.25, -0.2) is 0 Å². The lowest BCUT2D eigenvalue weighted by molar-refractivity contribution is -0.122. The second-order valence-electron chi connectivity index (χ2n) is 5.18. The number of ether oxygens (including phenoxy) is 1. The number of methoxy groups -OCH3 is 1. The summed E-state index contributed by atoms with van der Waals surface area (Å²) < 4.78 is 5.09. The van der Waals surface area contributed by atoms with Crippen LogP contribution in [0.25, 0.3) is 0 Å². The quantitative estimate of drug-likeness (QED) is 0.876. The normalized spacial score (nSPS) is 21.1. The van der Waals surface area contributed by atoms with E-state index in [-0.39, 0.29) is 24.4 Å². The Morgan fingerprint density at radius 3 is 2.60 bits per heavy atom. The van der Waals surface area contributed by atoms with Crippen LogP contribution in [-0.4, -0.2) is 19.1 Å². The van der Waals surface area contributed by atoms with Crippen LogP contribution < -0.4 is 15.8 Å². The number of nitrogens with one attached hydrogen (secondary N) is 1. The number of benzene rings is 1. The molecule has 1 fully saturated rings. The number of carbonyl (C=O) groups excluding carboxylic acids is 1. The van der Waals surface area contributed by atoms with E-state index in [1.807, 2.05) is 24.3 Å². The molecule has 2 rings (SSSR count). The van der Waals surface area contributed by atoms with E-state index in [0.29, 0.717) is 18.9 Å². The predicted octanol–water partition coefficient (Wildman–Crippen LogP) is 2.25. The van der Waals surface area contributed by atoms with Crippen molar-refractivity contribution in [2.24, 2.45) is 11.7 Å². The molecule has 5 heteroatoms. The van der Waals surface area contributed by atoms with Crippen molar-refractivity contribution in [3.05, 3.63) is 29.8 Å². The van der Waals surface area contributed by atoms with Crippen molar-refractivity contribution in [3.63, 3.8) is 0 Å². The molecule has 20 heavy (non-hydrogen) atoms. The molecule has 0 bridgehead atoms. The summed E-state index contributed by atoms with van der Waals surface area (Å²) in [7, 11) is 1.64. The first-order valence-corrected chi connectivity index (χ1v) is 6.84. The molecule has 0 aromatic heterocycles. The van der Waals surface area contributed by atoms with E-state index in [1.165, 1.54) is 0 Å². The van der Waals surface area contributed by atoms with E-state index in [2.05, 4.69) is 5.32 Å². The number of nitrogens with two attached hydrogens (primary N) is 1. The maximum atomic E-state index is 11.8. The summed E-state index contributed by atoms with van der Waals surface area (Å²) in [6, 6.07) is 7.91. The molecule has 1 aromatic carbocycles. The third kappa shape index (κ3) is 4.69. The van der Waals surface area contributed by atoms with Crippen LogP contribution in [0.2, 0.25) is 0 Å². The van der Waals surface area contributed by atoms with E-state index in [1.54, 1.807) is 7.11 Å². The van der Waals surface area contributed by atoms with Crippen molar-refractivity contribution in [3.8, 4) is 5.75 Å². The van der Waals surface area contributed by atoms with Crippen LogP contribution in [0.5, 0.6) is 5.75 Å². The van der Waals surface area contributed by atoms with Gasteiger partial charge in [-0.05, 0) is 36.5 Å². The van der Waals surface area contributed by atoms with Gasteiger partial charge in [0.15, 0.2) is 0 Å². The second-order valence-corrected chi connectivity index (χ2v) is 5.18. The van der Waals surface area contributed by atoms with Gasteiger partial charge in [0.05, 0.1) is 7.11 Å². The summed E-state index contributed by atoms with van der Waals surface area (Å²) in [6.45, 7) is 0.560. The summed E-state index contributed by atoms with van der Waals surface area (Å²) in [4.78, 5) is 11.8. The molecule has 1 amide bonds. The third-order valence-corrected chi connectivity index (χ3v) is 3.81. The van der Waals surface area contributed by atoms with E-state index in [4.69, 9.17) is 10.5 Å². The van der Waals surface area contributed by atoms with Gasteiger partial charge in [0.1, 0.15) is 5.75 Å². The van der Waals surface area contributed by atoms with Crippen molar-refractivity contribution in [2.45, 2.75) is 38.3 Å². The minimum absolute atomic E-state index is 0. The molecule has 112 valence electrons. The first-order chi connectivity index (χ1) is 9.19. The summed E-state index contributed by atoms with van der Waals surface area (Å²) in [5, 5.41) is 2.95. The Bertz CT molecular complexity index is 422. The lowest BCUT2D eigenvalue weighted by Gasteiger charge is -2.14. The fraction of sp³-hybridized carbons (Fsp3) is 0.533. The van der Waals surface area contributed by atoms with Crippen molar-refractivity contribution >= 4 is 18.3 Å². The van der Waals surface area contributed by atoms with Crippen molar-refractivity contribution < 1.29 is 9.53 Å². The molecule has 1 aliphatic carbocycles. The minimum Gasteiger partial charge on any atom is -0.497 e. The number of amides is 1. The molecule has 0 radical (unpaired) electrons. The highest BCUT2D eigenvalue weighted by Crippen LogP contribution is 2.26. The first kappa shape index (κ1) is 16.8. The van der Waals surface area contributed by atoms with Crippen LogP contribution in [0.15, 0.2) is 24.3 Å². The van der Waals surface area contributed by atoms with Crippen LogP contribution in [0.4, 0.5) is 0 Å². The Kier molecular flexibility index (Phi) is 6.82. The van der Waals surface area contributed by atoms with Crippen LogP contribution in [-0.2, 0) is 11.3 Å². The monoisotopic (exact) mass is 298 g/mol. The van der Waals surface area contributed by atoms with Gasteiger partial charge >= 0.3 is 0 Å². The fourth-order valence-electron chi connectivity index (χ4n) is 2.57. The average molecular weight is 299 g/mol. The molecule has 3 N–H and O–H groups in total. The van der Waals surface area contributed by atoms with Gasteiger partial charge in [-0.3, -0.25) is 4.79 Å². The Hall–Kier alpha value is -1.26. The van der Waals surface area contributed by atoms with Gasteiger partial charge in [0.25, 0.3) is 0 Å². The van der Waals surface area contributed by atoms with Crippen LogP contribution >= 0.6 is 12.4 Å². The summed E-state index contributed by atoms with van der Waals surface area (Å²) in [6.07, 6.45) is 3.84. The standard InChI is InChI=1S/C15H22N2O2.ClH/c1-19-13-7-5-11(6-8-13)10-17-15(18)9-12-3-2-4-14(12)16;/h5-8,12,14H,2-4,9-10,16H2,1H3,(H,17,18);1H/t12-,14+;/m0./s1. The SMILES string of the molecule is COc1ccc(CNC(=O)C[C@@H]2CCC[C@H]2N)cc1.Cl. The molecule has 1 aromatic rings. The molecular formula is C15H23ClN2O2. The van der Waals surface area contributed by atoms with E-state index in [0.717, 1.165) is 30.6 Å². The topological polar surface area (TPSA) is 64.3 Å². The van der Waals surface area contributed by atoms with Gasteiger partial charge in [0, 0.05) is 19.0 Å². The molecule has 1 saturated carbocycles. The zero-order valence-electron chi connectivity index (χ0n) is 11.8. The molecule has 4 nitrogen and oxygen atoms in total. The highest BCUT2D eigenvalue weighted by Gasteiger charge is 2.25. The highest BCUT2D eigenvalue weighted by molar-refractivity contribution is 5.85. The van der Waals surface area contributed by atoms with Gasteiger partial charge < -0.3 is 15.8 Å². The average Bonchev–Trinajstić information content (AvgIpc) is 2.82. The summed E-state index contributed by atoms with van der Waals surface area (Å²) >= 11 is 0. The smallest absolute Gasteiger partial charge is 0.220 e. The number of rotatable bonds is 5. The summed E-state index contributed by atoms with van der Waals surface area (Å²) in [5.41, 5.74) is 7.05. The van der Waals surface area contributed by atoms with E-state index in [9.17, 15) is 4.79 Å². The Morgan fingerprint density at radius 2 is 2.05 bits per heavy atom. The van der Waals surface area contributed by atoms with E-state index >= 15 is 0 Å². The van der Waals surface area contributed by atoms with Crippen LogP contribution in [0, 0.1) is 5.92 Å². The van der Waals surface area contributed by atoms with Crippen LogP contribution in [0.1, 0.15) is 31.2 Å². The van der Waals surface area contributed by atoms with Crippen molar-refractivity contribution in [2.75, 3.05) is 7.11 Å². The van der Waals surface area contributed by atoms with Gasteiger partial charge in [-0.1, -0.05) is 18.6 Å². The first-order valence-electron chi connectivity index (χ1n) is 6.84. The van der Waals surface area contributed by atoms with Gasteiger partial charge in [-0.15, -0.1) is 12.4 Å². The maximum absolute atomic E-state index is 11.8. The van der Waals surface area contributed by atoms with Gasteiger partial charge in [-0.2, -0.15) is 0 Å². The molecule has 0 saturated heterocycles. The highest BCUT2D eigenvalue weighted by atomic mass is 35.5. The Morgan fingerprint density at radius 1 is 1.35 bits per heavy atom. The summed E-state index contributed by atoms with van der Waals surface area (Å²) in [5.74, 6) is 1.28. The molecule has 0 aliphatic heterocycles. The molecule has 1 aliphatic rings. The molecule has 2 atom stereocenters. The van der Waals surface area contributed by atoms with Gasteiger partial charge in [0.2, 0.25) is 5.91 Å². The van der Waals surface area contributed by atoms with E-state index < -0.39 is 0 Å². The second kappa shape index (κ2) is 8.12. The number of hydrogen-bond donors (Lipinski definition) is 2. The zero-order valence-corrected chi connectivity index (χ0v) is 12.6. The maximum Gasteiger partial charge on any atom is 0.220 e. The van der Waals surface area contributed by atoms with Crippen molar-refractivity contribution in [1.82, 2.24) is 5.32 Å². The molecular weight excluding hydrogens is 276 g/mol. The third-order valence-electron chi connectivity index (χ3n) is 3.81.